The van der Waals surface area contributed by atoms with E-state index in [1.807, 2.05) is 72.8 Å². The van der Waals surface area contributed by atoms with E-state index >= 15 is 0 Å². The van der Waals surface area contributed by atoms with Crippen molar-refractivity contribution >= 4 is 105 Å². The molecule has 0 aliphatic carbocycles. The van der Waals surface area contributed by atoms with Crippen molar-refractivity contribution in [2.24, 2.45) is 0 Å². The zero-order chi connectivity index (χ0) is 43.6. The highest BCUT2D eigenvalue weighted by atomic mass is 16.3. The highest BCUT2D eigenvalue weighted by Gasteiger charge is 2.25. The Morgan fingerprint density at radius 1 is 0.433 bits per heavy atom. The zero-order valence-electron chi connectivity index (χ0n) is 37.4. The van der Waals surface area contributed by atoms with Crippen molar-refractivity contribution < 1.29 is 9.90 Å². The van der Waals surface area contributed by atoms with Crippen LogP contribution in [0.2, 0.25) is 0 Å². The van der Waals surface area contributed by atoms with Gasteiger partial charge in [0.2, 0.25) is 0 Å². The molecule has 0 aliphatic heterocycles. The lowest BCUT2D eigenvalue weighted by Crippen LogP contribution is -2.10. The summed E-state index contributed by atoms with van der Waals surface area (Å²) in [5.74, 6) is 0. The van der Waals surface area contributed by atoms with Crippen LogP contribution in [0.15, 0.2) is 198 Å². The van der Waals surface area contributed by atoms with E-state index in [4.69, 9.17) is 9.90 Å². The molecule has 0 atom stereocenters. The average Bonchev–Trinajstić information content (AvgIpc) is 3.94. The van der Waals surface area contributed by atoms with Crippen molar-refractivity contribution in [3.8, 4) is 0 Å². The summed E-state index contributed by atoms with van der Waals surface area (Å²) in [5.41, 5.74) is 11.8. The topological polar surface area (TPSA) is 24.0 Å². The quantitative estimate of drug-likeness (QED) is 0.168. The van der Waals surface area contributed by atoms with Crippen molar-refractivity contribution in [1.82, 2.24) is 4.40 Å². The van der Waals surface area contributed by atoms with Gasteiger partial charge in [-0.1, -0.05) is 106 Å². The number of hydrogen-bond acceptors (Lipinski definition) is 3. The summed E-state index contributed by atoms with van der Waals surface area (Å²) < 4.78 is 42.0. The zero-order valence-corrected chi connectivity index (χ0v) is 33.4. The maximum Gasteiger partial charge on any atom is 0.143 e. The minimum absolute atomic E-state index is 0.0897. The minimum Gasteiger partial charge on any atom is -0.455 e. The van der Waals surface area contributed by atoms with E-state index in [9.17, 15) is 0 Å². The molecule has 4 heteroatoms. The van der Waals surface area contributed by atoms with Gasteiger partial charge >= 0.3 is 0 Å². The lowest BCUT2D eigenvalue weighted by Gasteiger charge is -2.25. The monoisotopic (exact) mass is 775 g/mol. The van der Waals surface area contributed by atoms with E-state index in [0.717, 1.165) is 83.3 Å². The molecule has 0 N–H and O–H groups in total. The molecule has 3 aromatic heterocycles. The standard InChI is InChI=1S/C56H41N3O/c1-56(2,3)37-31-49-44-28-25-42(57(38-16-8-4-9-17-38)39-18-10-5-11-19-39)33-52(44)59-51-30-36-24-27-46-45-29-26-43(58(40-20-12-6-13-21-40)41-22-14-7-15-23-41)34-53(45)60-55(46)47(36)35-48(51)50(32-37)54(49)59/h4-35H,1-3H3/i4D,5D,6D,7D. The molecule has 0 saturated heterocycles. The second kappa shape index (κ2) is 13.0. The van der Waals surface area contributed by atoms with Gasteiger partial charge in [0.1, 0.15) is 11.2 Å². The van der Waals surface area contributed by atoms with Gasteiger partial charge in [-0.25, -0.2) is 0 Å². The fourth-order valence-corrected chi connectivity index (χ4v) is 9.29. The van der Waals surface area contributed by atoms with E-state index in [2.05, 4.69) is 108 Å². The maximum absolute atomic E-state index is 8.19. The number of furan rings is 1. The van der Waals surface area contributed by atoms with Crippen LogP contribution in [-0.4, -0.2) is 4.40 Å². The number of aromatic nitrogens is 1. The van der Waals surface area contributed by atoms with Gasteiger partial charge in [-0.05, 0) is 119 Å². The molecule has 0 amide bonds. The second-order valence-electron chi connectivity index (χ2n) is 16.7. The normalized spacial score (nSPS) is 13.2. The molecule has 12 aromatic rings. The molecule has 9 aromatic carbocycles. The number of benzene rings is 9. The molecule has 60 heavy (non-hydrogen) atoms. The van der Waals surface area contributed by atoms with Crippen LogP contribution in [0.4, 0.5) is 34.1 Å². The Morgan fingerprint density at radius 2 is 0.917 bits per heavy atom. The summed E-state index contributed by atoms with van der Waals surface area (Å²) >= 11 is 0. The third kappa shape index (κ3) is 5.24. The van der Waals surface area contributed by atoms with Gasteiger partial charge < -0.3 is 18.6 Å². The highest BCUT2D eigenvalue weighted by Crippen LogP contribution is 2.47. The number of fused-ring (bicyclic) bond motifs is 11. The van der Waals surface area contributed by atoms with Crippen LogP contribution < -0.4 is 9.80 Å². The van der Waals surface area contributed by atoms with Crippen LogP contribution >= 0.6 is 0 Å². The number of nitrogens with zero attached hydrogens (tertiary/aromatic N) is 3. The molecule has 4 nitrogen and oxygen atoms in total. The molecular formula is C56H41N3O. The van der Waals surface area contributed by atoms with Crippen LogP contribution in [0.3, 0.4) is 0 Å². The molecule has 3 heterocycles. The van der Waals surface area contributed by atoms with Crippen molar-refractivity contribution in [3.05, 3.63) is 200 Å². The third-order valence-corrected chi connectivity index (χ3v) is 12.1. The van der Waals surface area contributed by atoms with Gasteiger partial charge in [0.25, 0.3) is 0 Å². The Bertz CT molecular complexity index is 3700. The number of para-hydroxylation sites is 4. The van der Waals surface area contributed by atoms with E-state index in [1.54, 1.807) is 24.3 Å². The highest BCUT2D eigenvalue weighted by molar-refractivity contribution is 6.27. The Morgan fingerprint density at radius 3 is 1.47 bits per heavy atom. The van der Waals surface area contributed by atoms with Gasteiger partial charge in [-0.2, -0.15) is 0 Å². The van der Waals surface area contributed by atoms with Crippen molar-refractivity contribution in [1.29, 1.82) is 0 Å². The van der Waals surface area contributed by atoms with Gasteiger partial charge in [0, 0.05) is 77.9 Å². The summed E-state index contributed by atoms with van der Waals surface area (Å²) in [5, 5.41) is 8.99. The lowest BCUT2D eigenvalue weighted by atomic mass is 9.85. The molecule has 0 fully saturated rings. The van der Waals surface area contributed by atoms with Crippen molar-refractivity contribution in [2.45, 2.75) is 26.2 Å². The Kier molecular flexibility index (Phi) is 6.60. The predicted molar refractivity (Wildman–Crippen MR) is 254 cm³/mol. The van der Waals surface area contributed by atoms with Crippen LogP contribution in [-0.2, 0) is 5.41 Å². The van der Waals surface area contributed by atoms with E-state index < -0.39 is 0 Å². The Hall–Kier alpha value is -7.56. The first kappa shape index (κ1) is 30.5. The van der Waals surface area contributed by atoms with E-state index in [1.165, 1.54) is 27.2 Å². The smallest absolute Gasteiger partial charge is 0.143 e. The van der Waals surface area contributed by atoms with Crippen LogP contribution in [0, 0.1) is 0 Å². The van der Waals surface area contributed by atoms with E-state index in [0.29, 0.717) is 24.2 Å². The SMILES string of the molecule is [2H]c1ccc(N(c2ccc([2H])cc2)c2ccc3c(c2)oc2c4cc5c6cc(C(C)(C)C)cc7c8ccc(N(c9ccc([2H])cc9)c9ccc([2H])cc9)cc8n(c5cc4ccc32)c76)cc1. The Balaban J connectivity index is 1.08. The molecule has 0 bridgehead atoms. The largest absolute Gasteiger partial charge is 0.455 e. The molecule has 0 unspecified atom stereocenters. The molecule has 0 radical (unpaired) electrons. The van der Waals surface area contributed by atoms with Gasteiger partial charge in [0.15, 0.2) is 0 Å². The number of hydrogen-bond donors (Lipinski definition) is 0. The fourth-order valence-electron chi connectivity index (χ4n) is 9.29. The molecule has 0 aliphatic rings. The molecule has 0 spiro atoms. The molecule has 286 valence electrons. The summed E-state index contributed by atoms with van der Waals surface area (Å²) in [6.45, 7) is 6.83. The van der Waals surface area contributed by atoms with Gasteiger partial charge in [-0.3, -0.25) is 0 Å². The van der Waals surface area contributed by atoms with Crippen LogP contribution in [0.1, 0.15) is 31.8 Å². The first-order valence-electron chi connectivity index (χ1n) is 22.4. The second-order valence-corrected chi connectivity index (χ2v) is 16.7. The van der Waals surface area contributed by atoms with Crippen molar-refractivity contribution in [2.75, 3.05) is 9.80 Å². The van der Waals surface area contributed by atoms with E-state index in [-0.39, 0.29) is 5.41 Å². The van der Waals surface area contributed by atoms with Crippen molar-refractivity contribution in [3.63, 3.8) is 0 Å². The van der Waals surface area contributed by atoms with Crippen LogP contribution in [0.25, 0.3) is 70.8 Å². The first-order chi connectivity index (χ1) is 31.0. The summed E-state index contributed by atoms with van der Waals surface area (Å²) in [4.78, 5) is 4.33. The fraction of sp³-hybridized carbons (Fsp3) is 0.0714. The molecule has 12 rings (SSSR count). The molecule has 0 saturated carbocycles. The maximum atomic E-state index is 8.19. The van der Waals surface area contributed by atoms with Crippen LogP contribution in [0.5, 0.6) is 0 Å². The number of anilines is 6. The van der Waals surface area contributed by atoms with Gasteiger partial charge in [0.05, 0.1) is 22.0 Å². The lowest BCUT2D eigenvalue weighted by molar-refractivity contribution is 0.592. The third-order valence-electron chi connectivity index (χ3n) is 12.1. The summed E-state index contributed by atoms with van der Waals surface area (Å²) in [7, 11) is 0. The minimum atomic E-state index is -0.0897. The first-order valence-corrected chi connectivity index (χ1v) is 20.4. The summed E-state index contributed by atoms with van der Waals surface area (Å²) in [6.07, 6.45) is 0. The Labute approximate surface area is 353 Å². The predicted octanol–water partition coefficient (Wildman–Crippen LogP) is 16.1. The average molecular weight is 776 g/mol. The molecular weight excluding hydrogens is 731 g/mol. The summed E-state index contributed by atoms with van der Waals surface area (Å²) in [6, 6.07) is 58.8. The number of rotatable bonds is 6. The van der Waals surface area contributed by atoms with Gasteiger partial charge in [-0.15, -0.1) is 0 Å².